The van der Waals surface area contributed by atoms with Gasteiger partial charge in [-0.25, -0.2) is 9.97 Å². The van der Waals surface area contributed by atoms with E-state index in [0.717, 1.165) is 5.69 Å². The van der Waals surface area contributed by atoms with Crippen molar-refractivity contribution in [1.29, 1.82) is 5.26 Å². The quantitative estimate of drug-likeness (QED) is 0.678. The lowest BCUT2D eigenvalue weighted by Crippen LogP contribution is -2.16. The van der Waals surface area contributed by atoms with E-state index in [-0.39, 0.29) is 0 Å². The molecule has 0 aliphatic rings. The first-order valence-corrected chi connectivity index (χ1v) is 4.35. The second kappa shape index (κ2) is 2.81. The van der Waals surface area contributed by atoms with Gasteiger partial charge >= 0.3 is 0 Å². The summed E-state index contributed by atoms with van der Waals surface area (Å²) in [6, 6.07) is 4.06. The topological polar surface area (TPSA) is 54.0 Å². The molecule has 2 aromatic heterocycles. The Balaban J connectivity index is 2.61. The number of fused-ring (bicyclic) bond motifs is 1. The van der Waals surface area contributed by atoms with Gasteiger partial charge in [0.2, 0.25) is 5.78 Å². The lowest BCUT2D eigenvalue weighted by molar-refractivity contribution is 0.658. The van der Waals surface area contributed by atoms with E-state index in [4.69, 9.17) is 5.26 Å². The van der Waals surface area contributed by atoms with E-state index in [1.54, 1.807) is 6.20 Å². The zero-order chi connectivity index (χ0) is 10.2. The number of rotatable bonds is 1. The fourth-order valence-corrected chi connectivity index (χ4v) is 1.21. The molecule has 4 heteroatoms. The van der Waals surface area contributed by atoms with E-state index < -0.39 is 5.41 Å². The molecule has 0 bridgehead atoms. The molecular formula is C10H10N4. The number of aromatic nitrogens is 3. The molecule has 0 atom stereocenters. The van der Waals surface area contributed by atoms with Gasteiger partial charge < -0.3 is 0 Å². The average molecular weight is 186 g/mol. The van der Waals surface area contributed by atoms with Crippen molar-refractivity contribution < 1.29 is 0 Å². The largest absolute Gasteiger partial charge is 0.291 e. The van der Waals surface area contributed by atoms with Crippen LogP contribution in [-0.2, 0) is 5.41 Å². The number of hydrogen-bond donors (Lipinski definition) is 0. The van der Waals surface area contributed by atoms with Gasteiger partial charge in [-0.3, -0.25) is 4.40 Å². The minimum atomic E-state index is -0.562. The summed E-state index contributed by atoms with van der Waals surface area (Å²) in [5, 5.41) is 8.95. The Kier molecular flexibility index (Phi) is 1.74. The van der Waals surface area contributed by atoms with Crippen molar-refractivity contribution >= 4 is 5.78 Å². The molecule has 70 valence electrons. The van der Waals surface area contributed by atoms with E-state index in [0.29, 0.717) is 5.78 Å². The fraction of sp³-hybridized carbons (Fsp3) is 0.300. The van der Waals surface area contributed by atoms with Gasteiger partial charge in [-0.15, -0.1) is 0 Å². The number of imidazole rings is 1. The molecule has 4 nitrogen and oxygen atoms in total. The van der Waals surface area contributed by atoms with Crippen LogP contribution in [0.3, 0.4) is 0 Å². The molecule has 0 aromatic carbocycles. The molecule has 0 unspecified atom stereocenters. The van der Waals surface area contributed by atoms with Gasteiger partial charge in [-0.1, -0.05) is 0 Å². The normalized spacial score (nSPS) is 11.5. The SMILES string of the molecule is CC(C)(C#N)c1ccn2ccnc2n1. The van der Waals surface area contributed by atoms with Crippen LogP contribution < -0.4 is 0 Å². The van der Waals surface area contributed by atoms with Crippen LogP contribution >= 0.6 is 0 Å². The smallest absolute Gasteiger partial charge is 0.233 e. The van der Waals surface area contributed by atoms with Crippen LogP contribution in [-0.4, -0.2) is 14.4 Å². The first kappa shape index (κ1) is 8.70. The predicted molar refractivity (Wildman–Crippen MR) is 51.6 cm³/mol. The van der Waals surface area contributed by atoms with E-state index in [2.05, 4.69) is 16.0 Å². The van der Waals surface area contributed by atoms with Gasteiger partial charge in [0, 0.05) is 18.6 Å². The second-order valence-corrected chi connectivity index (χ2v) is 3.68. The molecule has 0 spiro atoms. The molecule has 0 radical (unpaired) electrons. The zero-order valence-corrected chi connectivity index (χ0v) is 8.10. The standard InChI is InChI=1S/C10H10N4/c1-10(2,7-11)8-3-5-14-6-4-12-9(14)13-8/h3-6H,1-2H3. The number of nitriles is 1. The lowest BCUT2D eigenvalue weighted by Gasteiger charge is -2.13. The van der Waals surface area contributed by atoms with Crippen LogP contribution in [0.4, 0.5) is 0 Å². The Labute approximate surface area is 81.8 Å². The minimum Gasteiger partial charge on any atom is -0.291 e. The summed E-state index contributed by atoms with van der Waals surface area (Å²) in [7, 11) is 0. The maximum Gasteiger partial charge on any atom is 0.233 e. The molecule has 0 fully saturated rings. The van der Waals surface area contributed by atoms with E-state index in [1.165, 1.54) is 0 Å². The Hall–Kier alpha value is -1.89. The van der Waals surface area contributed by atoms with Crippen molar-refractivity contribution in [3.63, 3.8) is 0 Å². The van der Waals surface area contributed by atoms with Gasteiger partial charge in [0.05, 0.1) is 17.2 Å². The molecule has 0 saturated carbocycles. The van der Waals surface area contributed by atoms with Crippen molar-refractivity contribution in [1.82, 2.24) is 14.4 Å². The van der Waals surface area contributed by atoms with Crippen LogP contribution in [0.1, 0.15) is 19.5 Å². The van der Waals surface area contributed by atoms with E-state index in [1.807, 2.05) is 36.7 Å². The first-order valence-electron chi connectivity index (χ1n) is 4.35. The molecule has 0 aliphatic heterocycles. The third-order valence-electron chi connectivity index (χ3n) is 2.18. The van der Waals surface area contributed by atoms with E-state index in [9.17, 15) is 0 Å². The van der Waals surface area contributed by atoms with Crippen molar-refractivity contribution in [3.8, 4) is 6.07 Å². The summed E-state index contributed by atoms with van der Waals surface area (Å²) < 4.78 is 1.82. The highest BCUT2D eigenvalue weighted by Crippen LogP contribution is 2.19. The minimum absolute atomic E-state index is 0.562. The first-order chi connectivity index (χ1) is 6.63. The van der Waals surface area contributed by atoms with Gasteiger partial charge in [-0.05, 0) is 19.9 Å². The summed E-state index contributed by atoms with van der Waals surface area (Å²) in [6.07, 6.45) is 5.38. The van der Waals surface area contributed by atoms with Crippen molar-refractivity contribution in [2.75, 3.05) is 0 Å². The molecule has 0 N–H and O–H groups in total. The van der Waals surface area contributed by atoms with Crippen molar-refractivity contribution in [2.45, 2.75) is 19.3 Å². The molecule has 14 heavy (non-hydrogen) atoms. The maximum atomic E-state index is 8.95. The van der Waals surface area contributed by atoms with Crippen LogP contribution in [0.2, 0.25) is 0 Å². The van der Waals surface area contributed by atoms with Crippen LogP contribution in [0.25, 0.3) is 5.78 Å². The van der Waals surface area contributed by atoms with Crippen molar-refractivity contribution in [3.05, 3.63) is 30.4 Å². The van der Waals surface area contributed by atoms with E-state index >= 15 is 0 Å². The van der Waals surface area contributed by atoms with Crippen molar-refractivity contribution in [2.24, 2.45) is 0 Å². The van der Waals surface area contributed by atoms with Gasteiger partial charge in [0.15, 0.2) is 0 Å². The molecule has 2 heterocycles. The third kappa shape index (κ3) is 1.23. The summed E-state index contributed by atoms with van der Waals surface area (Å²) in [4.78, 5) is 8.38. The Bertz CT molecular complexity index is 504. The molecule has 2 aromatic rings. The fourth-order valence-electron chi connectivity index (χ4n) is 1.21. The summed E-state index contributed by atoms with van der Waals surface area (Å²) in [5.74, 6) is 0.630. The Morgan fingerprint density at radius 3 is 2.93 bits per heavy atom. The van der Waals surface area contributed by atoms with Crippen LogP contribution in [0.15, 0.2) is 24.7 Å². The zero-order valence-electron chi connectivity index (χ0n) is 8.10. The monoisotopic (exact) mass is 186 g/mol. The highest BCUT2D eigenvalue weighted by atomic mass is 15.1. The molecule has 0 amide bonds. The maximum absolute atomic E-state index is 8.95. The highest BCUT2D eigenvalue weighted by molar-refractivity contribution is 5.33. The average Bonchev–Trinajstić information content (AvgIpc) is 2.64. The Morgan fingerprint density at radius 1 is 1.43 bits per heavy atom. The summed E-state index contributed by atoms with van der Waals surface area (Å²) in [6.45, 7) is 3.68. The molecular weight excluding hydrogens is 176 g/mol. The highest BCUT2D eigenvalue weighted by Gasteiger charge is 2.21. The Morgan fingerprint density at radius 2 is 2.21 bits per heavy atom. The summed E-state index contributed by atoms with van der Waals surface area (Å²) >= 11 is 0. The number of nitrogens with zero attached hydrogens (tertiary/aromatic N) is 4. The molecule has 2 rings (SSSR count). The van der Waals surface area contributed by atoms with Gasteiger partial charge in [-0.2, -0.15) is 5.26 Å². The lowest BCUT2D eigenvalue weighted by atomic mass is 9.91. The van der Waals surface area contributed by atoms with Crippen LogP contribution in [0.5, 0.6) is 0 Å². The molecule has 0 saturated heterocycles. The predicted octanol–water partition coefficient (Wildman–Crippen LogP) is 1.53. The van der Waals surface area contributed by atoms with Crippen LogP contribution in [0, 0.1) is 11.3 Å². The van der Waals surface area contributed by atoms with Gasteiger partial charge in [0.1, 0.15) is 0 Å². The second-order valence-electron chi connectivity index (χ2n) is 3.68. The third-order valence-corrected chi connectivity index (χ3v) is 2.18. The van der Waals surface area contributed by atoms with Gasteiger partial charge in [0.25, 0.3) is 0 Å². The molecule has 0 aliphatic carbocycles. The summed E-state index contributed by atoms with van der Waals surface area (Å²) in [5.41, 5.74) is 0.187. The number of hydrogen-bond acceptors (Lipinski definition) is 3.